The Morgan fingerprint density at radius 1 is 1.00 bits per heavy atom. The summed E-state index contributed by atoms with van der Waals surface area (Å²) in [6, 6.07) is 15.0. The van der Waals surface area contributed by atoms with Crippen LogP contribution in [-0.4, -0.2) is 28.3 Å². The van der Waals surface area contributed by atoms with Gasteiger partial charge in [-0.15, -0.1) is 10.2 Å². The van der Waals surface area contributed by atoms with Crippen LogP contribution < -0.4 is 5.32 Å². The monoisotopic (exact) mass is 424 g/mol. The first-order chi connectivity index (χ1) is 14.9. The van der Waals surface area contributed by atoms with Crippen molar-refractivity contribution in [1.29, 1.82) is 0 Å². The first-order valence-electron chi connectivity index (χ1n) is 9.11. The second kappa shape index (κ2) is 8.02. The molecule has 0 aliphatic heterocycles. The summed E-state index contributed by atoms with van der Waals surface area (Å²) >= 11 is 0. The van der Waals surface area contributed by atoms with Crippen LogP contribution in [0.5, 0.6) is 0 Å². The Hall–Kier alpha value is -4.01. The van der Waals surface area contributed by atoms with Crippen LogP contribution in [-0.2, 0) is 10.9 Å². The Balaban J connectivity index is 1.73. The largest absolute Gasteiger partial charge is 0.465 e. The van der Waals surface area contributed by atoms with Crippen LogP contribution in [0.3, 0.4) is 0 Å². The van der Waals surface area contributed by atoms with Crippen LogP contribution >= 0.6 is 0 Å². The highest BCUT2D eigenvalue weighted by atomic mass is 19.4. The molecule has 2 heterocycles. The number of anilines is 2. The number of nitrogens with zero attached hydrogens (tertiary/aromatic N) is 3. The van der Waals surface area contributed by atoms with E-state index in [1.54, 1.807) is 42.6 Å². The molecule has 0 atom stereocenters. The number of alkyl halides is 3. The Morgan fingerprint density at radius 3 is 2.48 bits per heavy atom. The van der Waals surface area contributed by atoms with Gasteiger partial charge in [-0.3, -0.25) is 4.98 Å². The number of methoxy groups -OCH3 is 1. The van der Waals surface area contributed by atoms with E-state index in [1.165, 1.54) is 19.2 Å². The number of hydrogen-bond donors (Lipinski definition) is 1. The molecule has 0 unspecified atom stereocenters. The quantitative estimate of drug-likeness (QED) is 0.452. The molecule has 0 aliphatic carbocycles. The molecular formula is C22H15F3N4O2. The zero-order valence-electron chi connectivity index (χ0n) is 16.1. The van der Waals surface area contributed by atoms with Crippen molar-refractivity contribution in [2.75, 3.05) is 12.4 Å². The lowest BCUT2D eigenvalue weighted by atomic mass is 10.1. The average Bonchev–Trinajstić information content (AvgIpc) is 2.78. The molecule has 4 aromatic rings. The third-order valence-electron chi connectivity index (χ3n) is 4.57. The molecule has 0 fully saturated rings. The molecule has 4 rings (SSSR count). The van der Waals surface area contributed by atoms with Crippen LogP contribution in [0.4, 0.5) is 24.7 Å². The molecule has 2 aromatic heterocycles. The van der Waals surface area contributed by atoms with Crippen molar-refractivity contribution >= 4 is 28.4 Å². The predicted octanol–water partition coefficient (Wildman–Crippen LogP) is 5.24. The van der Waals surface area contributed by atoms with Crippen LogP contribution in [0.15, 0.2) is 66.9 Å². The molecule has 0 amide bonds. The number of rotatable bonds is 4. The zero-order chi connectivity index (χ0) is 22.0. The van der Waals surface area contributed by atoms with Gasteiger partial charge in [-0.05, 0) is 42.5 Å². The number of benzene rings is 2. The van der Waals surface area contributed by atoms with E-state index in [0.717, 1.165) is 12.1 Å². The molecule has 0 spiro atoms. The molecular weight excluding hydrogens is 409 g/mol. The number of carbonyl (C=O) groups is 1. The molecule has 0 radical (unpaired) electrons. The Morgan fingerprint density at radius 2 is 1.77 bits per heavy atom. The number of esters is 1. The highest BCUT2D eigenvalue weighted by molar-refractivity contribution is 5.98. The van der Waals surface area contributed by atoms with Gasteiger partial charge in [0.1, 0.15) is 11.2 Å². The van der Waals surface area contributed by atoms with E-state index < -0.39 is 17.7 Å². The second-order valence-electron chi connectivity index (χ2n) is 6.57. The van der Waals surface area contributed by atoms with Crippen LogP contribution in [0.2, 0.25) is 0 Å². The van der Waals surface area contributed by atoms with Crippen molar-refractivity contribution in [2.24, 2.45) is 0 Å². The number of ether oxygens (including phenoxy) is 1. The van der Waals surface area contributed by atoms with Crippen LogP contribution in [0, 0.1) is 0 Å². The molecule has 31 heavy (non-hydrogen) atoms. The summed E-state index contributed by atoms with van der Waals surface area (Å²) in [5.41, 5.74) is 1.50. The van der Waals surface area contributed by atoms with Gasteiger partial charge in [0.05, 0.1) is 18.2 Å². The highest BCUT2D eigenvalue weighted by Gasteiger charge is 2.30. The zero-order valence-corrected chi connectivity index (χ0v) is 16.1. The third kappa shape index (κ3) is 4.16. The fourth-order valence-corrected chi connectivity index (χ4v) is 3.08. The van der Waals surface area contributed by atoms with Gasteiger partial charge in [-0.25, -0.2) is 4.79 Å². The fourth-order valence-electron chi connectivity index (χ4n) is 3.08. The van der Waals surface area contributed by atoms with Crippen molar-refractivity contribution in [3.05, 3.63) is 78.0 Å². The summed E-state index contributed by atoms with van der Waals surface area (Å²) in [5, 5.41) is 11.9. The minimum Gasteiger partial charge on any atom is -0.465 e. The minimum atomic E-state index is -4.45. The lowest BCUT2D eigenvalue weighted by Gasteiger charge is -2.12. The number of nitrogens with one attached hydrogen (secondary N) is 1. The summed E-state index contributed by atoms with van der Waals surface area (Å²) in [7, 11) is 1.30. The van der Waals surface area contributed by atoms with Crippen molar-refractivity contribution in [1.82, 2.24) is 15.2 Å². The maximum absolute atomic E-state index is 13.0. The number of carbonyl (C=O) groups excluding carboxylic acids is 1. The number of hydrogen-bond acceptors (Lipinski definition) is 6. The van der Waals surface area contributed by atoms with Crippen molar-refractivity contribution in [3.63, 3.8) is 0 Å². The molecule has 6 nitrogen and oxygen atoms in total. The summed E-state index contributed by atoms with van der Waals surface area (Å²) in [6.07, 6.45) is -2.89. The standard InChI is InChI=1S/C22H15F3N4O2/c1-31-21(30)14-9-7-13(8-10-14)18-17-6-3-11-26-19(17)20(29-28-18)27-16-5-2-4-15(12-16)22(23,24)25/h2-12H,1H3,(H,27,29). The van der Waals surface area contributed by atoms with E-state index in [0.29, 0.717) is 27.7 Å². The van der Waals surface area contributed by atoms with E-state index in [-0.39, 0.29) is 11.5 Å². The summed E-state index contributed by atoms with van der Waals surface area (Å²) < 4.78 is 43.7. The fraction of sp³-hybridized carbons (Fsp3) is 0.0909. The maximum atomic E-state index is 13.0. The van der Waals surface area contributed by atoms with E-state index >= 15 is 0 Å². The van der Waals surface area contributed by atoms with Gasteiger partial charge in [0.15, 0.2) is 5.82 Å². The average molecular weight is 424 g/mol. The van der Waals surface area contributed by atoms with Gasteiger partial charge in [0.25, 0.3) is 0 Å². The first-order valence-corrected chi connectivity index (χ1v) is 9.11. The van der Waals surface area contributed by atoms with E-state index in [2.05, 4.69) is 20.5 Å². The first kappa shape index (κ1) is 20.3. The number of fused-ring (bicyclic) bond motifs is 1. The molecule has 0 saturated heterocycles. The topological polar surface area (TPSA) is 77.0 Å². The number of halogens is 3. The SMILES string of the molecule is COC(=O)c1ccc(-c2nnc(Nc3cccc(C(F)(F)F)c3)c3ncccc23)cc1. The molecule has 2 aromatic carbocycles. The van der Waals surface area contributed by atoms with Crippen LogP contribution in [0.25, 0.3) is 22.2 Å². The molecule has 9 heteroatoms. The summed E-state index contributed by atoms with van der Waals surface area (Å²) in [5.74, 6) is -0.227. The summed E-state index contributed by atoms with van der Waals surface area (Å²) in [6.45, 7) is 0. The molecule has 1 N–H and O–H groups in total. The maximum Gasteiger partial charge on any atom is 0.416 e. The third-order valence-corrected chi connectivity index (χ3v) is 4.57. The summed E-state index contributed by atoms with van der Waals surface area (Å²) in [4.78, 5) is 16.0. The molecule has 0 saturated carbocycles. The predicted molar refractivity (Wildman–Crippen MR) is 109 cm³/mol. The van der Waals surface area contributed by atoms with E-state index in [9.17, 15) is 18.0 Å². The van der Waals surface area contributed by atoms with Crippen LogP contribution in [0.1, 0.15) is 15.9 Å². The lowest BCUT2D eigenvalue weighted by Crippen LogP contribution is -2.06. The molecule has 0 bridgehead atoms. The highest BCUT2D eigenvalue weighted by Crippen LogP contribution is 2.33. The Labute approximate surface area is 174 Å². The van der Waals surface area contributed by atoms with Gasteiger partial charge in [-0.1, -0.05) is 18.2 Å². The van der Waals surface area contributed by atoms with E-state index in [1.807, 2.05) is 0 Å². The van der Waals surface area contributed by atoms with Gasteiger partial charge >= 0.3 is 12.1 Å². The van der Waals surface area contributed by atoms with Crippen molar-refractivity contribution < 1.29 is 22.7 Å². The van der Waals surface area contributed by atoms with Gasteiger partial charge in [0, 0.05) is 22.8 Å². The number of aromatic nitrogens is 3. The Kier molecular flexibility index (Phi) is 5.24. The molecule has 156 valence electrons. The van der Waals surface area contributed by atoms with Crippen molar-refractivity contribution in [3.8, 4) is 11.3 Å². The lowest BCUT2D eigenvalue weighted by molar-refractivity contribution is -0.137. The Bertz CT molecular complexity index is 1260. The number of pyridine rings is 1. The minimum absolute atomic E-state index is 0.214. The normalized spacial score (nSPS) is 11.4. The van der Waals surface area contributed by atoms with Crippen molar-refractivity contribution in [2.45, 2.75) is 6.18 Å². The van der Waals surface area contributed by atoms with Gasteiger partial charge in [-0.2, -0.15) is 13.2 Å². The van der Waals surface area contributed by atoms with Gasteiger partial charge < -0.3 is 10.1 Å². The smallest absolute Gasteiger partial charge is 0.416 e. The van der Waals surface area contributed by atoms with E-state index in [4.69, 9.17) is 4.74 Å². The second-order valence-corrected chi connectivity index (χ2v) is 6.57. The van der Waals surface area contributed by atoms with Gasteiger partial charge in [0.2, 0.25) is 0 Å². The molecule has 0 aliphatic rings.